The van der Waals surface area contributed by atoms with E-state index in [9.17, 15) is 19.1 Å². The first kappa shape index (κ1) is 16.6. The number of nitrogens with zero attached hydrogens (tertiary/aromatic N) is 1. The lowest BCUT2D eigenvalue weighted by atomic mass is 9.52. The van der Waals surface area contributed by atoms with E-state index in [2.05, 4.69) is 0 Å². The molecule has 1 fully saturated rings. The molecule has 0 radical (unpaired) electrons. The van der Waals surface area contributed by atoms with Gasteiger partial charge in [0, 0.05) is 5.92 Å². The number of imide groups is 1. The average molecular weight is 385 g/mol. The molecule has 5 heteroatoms. The van der Waals surface area contributed by atoms with E-state index in [-0.39, 0.29) is 11.8 Å². The molecule has 1 heterocycles. The van der Waals surface area contributed by atoms with Crippen molar-refractivity contribution < 1.29 is 19.1 Å². The fraction of sp³-hybridized carbons (Fsp3) is 0.167. The predicted octanol–water partition coefficient (Wildman–Crippen LogP) is 3.33. The Morgan fingerprint density at radius 2 is 1.34 bits per heavy atom. The van der Waals surface area contributed by atoms with E-state index in [4.69, 9.17) is 0 Å². The van der Waals surface area contributed by atoms with E-state index in [1.807, 2.05) is 48.5 Å². The Morgan fingerprint density at radius 3 is 1.93 bits per heavy atom. The molecule has 29 heavy (non-hydrogen) atoms. The molecular formula is C24H16FNO3. The van der Waals surface area contributed by atoms with Crippen LogP contribution in [0.25, 0.3) is 0 Å². The van der Waals surface area contributed by atoms with Gasteiger partial charge in [0.1, 0.15) is 11.4 Å². The van der Waals surface area contributed by atoms with Crippen LogP contribution in [0.2, 0.25) is 0 Å². The number of amides is 2. The zero-order valence-electron chi connectivity index (χ0n) is 15.2. The lowest BCUT2D eigenvalue weighted by Crippen LogP contribution is -2.53. The summed E-state index contributed by atoms with van der Waals surface area (Å²) in [7, 11) is 0. The molecule has 3 aromatic rings. The minimum atomic E-state index is -1.58. The second-order valence-electron chi connectivity index (χ2n) is 7.91. The van der Waals surface area contributed by atoms with E-state index in [0.717, 1.165) is 16.0 Å². The quantitative estimate of drug-likeness (QED) is 0.654. The number of carbonyl (C=O) groups excluding carboxylic acids is 2. The zero-order valence-corrected chi connectivity index (χ0v) is 15.2. The predicted molar refractivity (Wildman–Crippen MR) is 104 cm³/mol. The van der Waals surface area contributed by atoms with E-state index in [1.165, 1.54) is 24.3 Å². The summed E-state index contributed by atoms with van der Waals surface area (Å²) in [5.74, 6) is -3.13. The van der Waals surface area contributed by atoms with Gasteiger partial charge in [0.15, 0.2) is 0 Å². The highest BCUT2D eigenvalue weighted by Crippen LogP contribution is 2.63. The van der Waals surface area contributed by atoms with Gasteiger partial charge in [-0.1, -0.05) is 48.5 Å². The molecule has 0 spiro atoms. The first-order valence-electron chi connectivity index (χ1n) is 9.58. The molecule has 4 nitrogen and oxygen atoms in total. The Kier molecular flexibility index (Phi) is 3.09. The molecule has 3 aromatic carbocycles. The highest BCUT2D eigenvalue weighted by atomic mass is 19.1. The van der Waals surface area contributed by atoms with Crippen molar-refractivity contribution in [2.75, 3.05) is 4.90 Å². The molecule has 2 atom stereocenters. The fourth-order valence-electron chi connectivity index (χ4n) is 5.58. The second kappa shape index (κ2) is 5.39. The lowest BCUT2D eigenvalue weighted by Gasteiger charge is -2.51. The van der Waals surface area contributed by atoms with Gasteiger partial charge in [-0.3, -0.25) is 9.59 Å². The number of anilines is 1. The number of hydrogen-bond acceptors (Lipinski definition) is 3. The van der Waals surface area contributed by atoms with Crippen molar-refractivity contribution in [3.05, 3.63) is 101 Å². The molecule has 4 aliphatic rings. The number of carbonyl (C=O) groups is 2. The Bertz CT molecular complexity index is 1160. The number of halogens is 1. The summed E-state index contributed by atoms with van der Waals surface area (Å²) >= 11 is 0. The molecule has 2 amide bonds. The Balaban J connectivity index is 1.61. The molecule has 1 saturated heterocycles. The van der Waals surface area contributed by atoms with Crippen LogP contribution >= 0.6 is 0 Å². The molecule has 0 saturated carbocycles. The molecule has 2 bridgehead atoms. The molecular weight excluding hydrogens is 369 g/mol. The van der Waals surface area contributed by atoms with Gasteiger partial charge in [0.25, 0.3) is 0 Å². The first-order valence-corrected chi connectivity index (χ1v) is 9.58. The Morgan fingerprint density at radius 1 is 0.793 bits per heavy atom. The lowest BCUT2D eigenvalue weighted by molar-refractivity contribution is -0.133. The van der Waals surface area contributed by atoms with Crippen molar-refractivity contribution in [2.24, 2.45) is 11.8 Å². The zero-order chi connectivity index (χ0) is 19.9. The molecule has 142 valence electrons. The number of hydrogen-bond donors (Lipinski definition) is 1. The summed E-state index contributed by atoms with van der Waals surface area (Å²) in [5.41, 5.74) is 1.90. The van der Waals surface area contributed by atoms with Gasteiger partial charge in [-0.25, -0.2) is 9.29 Å². The van der Waals surface area contributed by atoms with Crippen LogP contribution in [0, 0.1) is 17.7 Å². The maximum atomic E-state index is 13.5. The normalized spacial score (nSPS) is 28.9. The minimum absolute atomic E-state index is 0.302. The number of benzene rings is 3. The van der Waals surface area contributed by atoms with E-state index in [0.29, 0.717) is 16.8 Å². The third-order valence-electron chi connectivity index (χ3n) is 6.66. The van der Waals surface area contributed by atoms with Crippen LogP contribution in [-0.2, 0) is 15.2 Å². The summed E-state index contributed by atoms with van der Waals surface area (Å²) in [5, 5.41) is 12.0. The topological polar surface area (TPSA) is 57.6 Å². The molecule has 3 aliphatic carbocycles. The summed E-state index contributed by atoms with van der Waals surface area (Å²) in [6, 6.07) is 20.3. The van der Waals surface area contributed by atoms with Crippen molar-refractivity contribution in [2.45, 2.75) is 11.5 Å². The van der Waals surface area contributed by atoms with Crippen molar-refractivity contribution in [1.82, 2.24) is 0 Å². The largest absolute Gasteiger partial charge is 0.379 e. The Labute approximate surface area is 166 Å². The van der Waals surface area contributed by atoms with Crippen molar-refractivity contribution >= 4 is 17.5 Å². The van der Waals surface area contributed by atoms with Gasteiger partial charge in [-0.2, -0.15) is 0 Å². The van der Waals surface area contributed by atoms with Gasteiger partial charge in [-0.15, -0.1) is 0 Å². The summed E-state index contributed by atoms with van der Waals surface area (Å²) in [6.07, 6.45) is 0. The van der Waals surface area contributed by atoms with Gasteiger partial charge in [-0.05, 0) is 46.5 Å². The van der Waals surface area contributed by atoms with Crippen LogP contribution < -0.4 is 4.90 Å². The summed E-state index contributed by atoms with van der Waals surface area (Å²) < 4.78 is 13.4. The van der Waals surface area contributed by atoms with E-state index in [1.54, 1.807) is 0 Å². The minimum Gasteiger partial charge on any atom is -0.379 e. The molecule has 7 rings (SSSR count). The molecule has 1 aliphatic heterocycles. The monoisotopic (exact) mass is 385 g/mol. The molecule has 1 N–H and O–H groups in total. The second-order valence-corrected chi connectivity index (χ2v) is 7.91. The van der Waals surface area contributed by atoms with Crippen LogP contribution in [-0.4, -0.2) is 16.9 Å². The van der Waals surface area contributed by atoms with Crippen molar-refractivity contribution in [1.29, 1.82) is 0 Å². The fourth-order valence-corrected chi connectivity index (χ4v) is 5.58. The first-order chi connectivity index (χ1) is 14.0. The smallest absolute Gasteiger partial charge is 0.241 e. The third-order valence-corrected chi connectivity index (χ3v) is 6.66. The van der Waals surface area contributed by atoms with E-state index >= 15 is 0 Å². The van der Waals surface area contributed by atoms with Crippen LogP contribution in [0.1, 0.15) is 28.2 Å². The van der Waals surface area contributed by atoms with Crippen LogP contribution in [0.4, 0.5) is 10.1 Å². The van der Waals surface area contributed by atoms with Gasteiger partial charge in [0.2, 0.25) is 11.8 Å². The Hall–Kier alpha value is -3.31. The van der Waals surface area contributed by atoms with E-state index < -0.39 is 29.2 Å². The third kappa shape index (κ3) is 1.86. The summed E-state index contributed by atoms with van der Waals surface area (Å²) in [6.45, 7) is 0. The number of rotatable bonds is 1. The van der Waals surface area contributed by atoms with Gasteiger partial charge in [0.05, 0.1) is 17.5 Å². The average Bonchev–Trinajstić information content (AvgIpc) is 3.01. The highest BCUT2D eigenvalue weighted by Gasteiger charge is 2.68. The molecule has 0 unspecified atom stereocenters. The summed E-state index contributed by atoms with van der Waals surface area (Å²) in [4.78, 5) is 28.1. The highest BCUT2D eigenvalue weighted by molar-refractivity contribution is 6.23. The van der Waals surface area contributed by atoms with Crippen LogP contribution in [0.5, 0.6) is 0 Å². The van der Waals surface area contributed by atoms with Gasteiger partial charge >= 0.3 is 0 Å². The van der Waals surface area contributed by atoms with Crippen LogP contribution in [0.15, 0.2) is 72.8 Å². The maximum Gasteiger partial charge on any atom is 0.241 e. The van der Waals surface area contributed by atoms with Gasteiger partial charge < -0.3 is 5.11 Å². The van der Waals surface area contributed by atoms with Crippen molar-refractivity contribution in [3.63, 3.8) is 0 Å². The SMILES string of the molecule is O=C1[C@@H]2C3c4ccccc4C(O)(c4ccccc43)[C@@H]2C(=O)N1c1ccc(F)cc1. The van der Waals surface area contributed by atoms with Crippen LogP contribution in [0.3, 0.4) is 0 Å². The maximum absolute atomic E-state index is 13.5. The molecule has 0 aromatic heterocycles. The standard InChI is InChI=1S/C24H16FNO3/c25-13-9-11-14(12-10-13)26-22(27)20-19-15-5-1-3-7-17(15)24(29,21(20)23(26)28)18-8-4-2-6-16(18)19/h1-12,19-21,29H/t19?,20-,21+,24?/m1/s1. The number of aliphatic hydroxyl groups is 1. The van der Waals surface area contributed by atoms with Crippen molar-refractivity contribution in [3.8, 4) is 0 Å².